The molecular weight excluding hydrogens is 292 g/mol. The summed E-state index contributed by atoms with van der Waals surface area (Å²) in [6, 6.07) is 7.43. The van der Waals surface area contributed by atoms with Crippen LogP contribution in [-0.2, 0) is 0 Å². The van der Waals surface area contributed by atoms with E-state index in [0.29, 0.717) is 10.8 Å². The van der Waals surface area contributed by atoms with Crippen LogP contribution in [0.4, 0.5) is 11.4 Å². The van der Waals surface area contributed by atoms with Crippen molar-refractivity contribution in [3.8, 4) is 0 Å². The minimum absolute atomic E-state index is 0.253. The highest BCUT2D eigenvalue weighted by atomic mass is 79.9. The molecule has 0 aliphatic heterocycles. The van der Waals surface area contributed by atoms with E-state index >= 15 is 0 Å². The quantitative estimate of drug-likeness (QED) is 0.627. The summed E-state index contributed by atoms with van der Waals surface area (Å²) in [7, 11) is 0. The van der Waals surface area contributed by atoms with Crippen LogP contribution in [0.15, 0.2) is 34.8 Å². The Balaban J connectivity index is 2.94. The van der Waals surface area contributed by atoms with Crippen LogP contribution >= 0.6 is 15.9 Å². The van der Waals surface area contributed by atoms with Gasteiger partial charge in [-0.1, -0.05) is 18.2 Å². The number of hydrogen-bond acceptors (Lipinski definition) is 4. The monoisotopic (exact) mass is 296 g/mol. The van der Waals surface area contributed by atoms with Gasteiger partial charge >= 0.3 is 0 Å². The lowest BCUT2D eigenvalue weighted by molar-refractivity contribution is -0.393. The highest BCUT2D eigenvalue weighted by Gasteiger charge is 2.23. The van der Waals surface area contributed by atoms with Gasteiger partial charge in [0.15, 0.2) is 0 Å². The first kappa shape index (κ1) is 11.5. The van der Waals surface area contributed by atoms with Gasteiger partial charge in [0.25, 0.3) is 11.4 Å². The topological polar surface area (TPSA) is 86.3 Å². The van der Waals surface area contributed by atoms with E-state index in [-0.39, 0.29) is 15.8 Å². The molecule has 0 bridgehead atoms. The SMILES string of the molecule is O=[N+]([O-])c1cc([N+](=O)[O-])c2ccccc2c1Br. The van der Waals surface area contributed by atoms with Crippen LogP contribution in [0, 0.1) is 20.2 Å². The van der Waals surface area contributed by atoms with E-state index in [1.54, 1.807) is 24.3 Å². The number of rotatable bonds is 2. The van der Waals surface area contributed by atoms with Crippen molar-refractivity contribution in [1.29, 1.82) is 0 Å². The molecule has 0 aliphatic carbocycles. The molecule has 0 radical (unpaired) electrons. The summed E-state index contributed by atoms with van der Waals surface area (Å²) >= 11 is 3.10. The Hall–Kier alpha value is -2.02. The fraction of sp³-hybridized carbons (Fsp3) is 0. The Morgan fingerprint density at radius 3 is 2.00 bits per heavy atom. The van der Waals surface area contributed by atoms with Crippen LogP contribution in [0.2, 0.25) is 0 Å². The molecule has 0 saturated carbocycles. The Kier molecular flexibility index (Phi) is 2.76. The van der Waals surface area contributed by atoms with E-state index in [1.807, 2.05) is 0 Å². The molecule has 7 heteroatoms. The van der Waals surface area contributed by atoms with E-state index in [2.05, 4.69) is 15.9 Å². The summed E-state index contributed by atoms with van der Waals surface area (Å²) in [5, 5.41) is 22.5. The van der Waals surface area contributed by atoms with Gasteiger partial charge in [-0.25, -0.2) is 0 Å². The lowest BCUT2D eigenvalue weighted by Gasteiger charge is -2.02. The zero-order valence-corrected chi connectivity index (χ0v) is 9.88. The number of halogens is 1. The molecule has 0 N–H and O–H groups in total. The fourth-order valence-corrected chi connectivity index (χ4v) is 2.20. The molecule has 0 atom stereocenters. The van der Waals surface area contributed by atoms with Gasteiger partial charge in [0.2, 0.25) is 0 Å². The second-order valence-electron chi connectivity index (χ2n) is 3.29. The predicted octanol–water partition coefficient (Wildman–Crippen LogP) is 3.42. The molecule has 0 saturated heterocycles. The molecule has 0 aromatic heterocycles. The maximum Gasteiger partial charge on any atom is 0.291 e. The van der Waals surface area contributed by atoms with Gasteiger partial charge in [-0.15, -0.1) is 0 Å². The Morgan fingerprint density at radius 2 is 1.47 bits per heavy atom. The predicted molar refractivity (Wildman–Crippen MR) is 65.0 cm³/mol. The molecular formula is C10H5BrN2O4. The lowest BCUT2D eigenvalue weighted by Crippen LogP contribution is -1.95. The Bertz CT molecular complexity index is 641. The third-order valence-corrected chi connectivity index (χ3v) is 3.16. The average molecular weight is 297 g/mol. The maximum atomic E-state index is 10.9. The summed E-state index contributed by atoms with van der Waals surface area (Å²) < 4.78 is 0.253. The molecule has 2 aromatic carbocycles. The van der Waals surface area contributed by atoms with E-state index in [4.69, 9.17) is 0 Å². The van der Waals surface area contributed by atoms with Crippen LogP contribution in [0.5, 0.6) is 0 Å². The molecule has 0 spiro atoms. The molecule has 17 heavy (non-hydrogen) atoms. The Morgan fingerprint density at radius 1 is 0.941 bits per heavy atom. The maximum absolute atomic E-state index is 10.9. The molecule has 0 heterocycles. The van der Waals surface area contributed by atoms with Gasteiger partial charge in [0.05, 0.1) is 21.3 Å². The van der Waals surface area contributed by atoms with Gasteiger partial charge < -0.3 is 0 Å². The van der Waals surface area contributed by atoms with Gasteiger partial charge in [-0.05, 0) is 22.0 Å². The largest absolute Gasteiger partial charge is 0.291 e. The van der Waals surface area contributed by atoms with Gasteiger partial charge in [0.1, 0.15) is 4.47 Å². The number of nitro benzene ring substituents is 2. The third-order valence-electron chi connectivity index (χ3n) is 2.33. The van der Waals surface area contributed by atoms with Crippen molar-refractivity contribution in [3.05, 3.63) is 55.0 Å². The van der Waals surface area contributed by atoms with Crippen LogP contribution in [0.1, 0.15) is 0 Å². The second kappa shape index (κ2) is 4.10. The summed E-state index contributed by atoms with van der Waals surface area (Å²) in [5.41, 5.74) is -0.578. The number of benzene rings is 2. The summed E-state index contributed by atoms with van der Waals surface area (Å²) in [6.45, 7) is 0. The smallest absolute Gasteiger partial charge is 0.258 e. The summed E-state index contributed by atoms with van der Waals surface area (Å²) in [4.78, 5) is 20.4. The number of hydrogen-bond donors (Lipinski definition) is 0. The average Bonchev–Trinajstić information content (AvgIpc) is 2.29. The fourth-order valence-electron chi connectivity index (χ4n) is 1.59. The molecule has 6 nitrogen and oxygen atoms in total. The van der Waals surface area contributed by atoms with Crippen molar-refractivity contribution in [2.24, 2.45) is 0 Å². The van der Waals surface area contributed by atoms with Crippen molar-refractivity contribution < 1.29 is 9.85 Å². The van der Waals surface area contributed by atoms with Crippen molar-refractivity contribution in [3.63, 3.8) is 0 Å². The van der Waals surface area contributed by atoms with E-state index in [9.17, 15) is 20.2 Å². The van der Waals surface area contributed by atoms with Crippen LogP contribution in [0.3, 0.4) is 0 Å². The summed E-state index contributed by atoms with van der Waals surface area (Å²) in [6.07, 6.45) is 0. The highest BCUT2D eigenvalue weighted by molar-refractivity contribution is 9.10. The number of non-ortho nitro benzene ring substituents is 1. The van der Waals surface area contributed by atoms with Gasteiger partial charge in [-0.2, -0.15) is 0 Å². The molecule has 2 aromatic rings. The minimum Gasteiger partial charge on any atom is -0.258 e. The normalized spacial score (nSPS) is 10.4. The van der Waals surface area contributed by atoms with Crippen molar-refractivity contribution in [2.45, 2.75) is 0 Å². The number of nitrogens with zero attached hydrogens (tertiary/aromatic N) is 2. The molecule has 0 unspecified atom stereocenters. The number of nitro groups is 2. The van der Waals surface area contributed by atoms with Crippen molar-refractivity contribution in [2.75, 3.05) is 0 Å². The van der Waals surface area contributed by atoms with Crippen LogP contribution < -0.4 is 0 Å². The summed E-state index contributed by atoms with van der Waals surface area (Å²) in [5.74, 6) is 0. The second-order valence-corrected chi connectivity index (χ2v) is 4.08. The van der Waals surface area contributed by atoms with E-state index in [1.165, 1.54) is 0 Å². The zero-order valence-electron chi connectivity index (χ0n) is 8.29. The van der Waals surface area contributed by atoms with Crippen LogP contribution in [0.25, 0.3) is 10.8 Å². The van der Waals surface area contributed by atoms with Crippen molar-refractivity contribution in [1.82, 2.24) is 0 Å². The van der Waals surface area contributed by atoms with Crippen molar-refractivity contribution >= 4 is 38.1 Å². The first-order valence-corrected chi connectivity index (χ1v) is 5.31. The van der Waals surface area contributed by atoms with E-state index in [0.717, 1.165) is 6.07 Å². The van der Waals surface area contributed by atoms with Gasteiger partial charge in [-0.3, -0.25) is 20.2 Å². The standard InChI is InChI=1S/C10H5BrN2O4/c11-10-7-4-2-1-3-6(7)8(12(14)15)5-9(10)13(16)17/h1-5H. The molecule has 86 valence electrons. The molecule has 0 amide bonds. The molecule has 2 rings (SSSR count). The Labute approximate surface area is 103 Å². The first-order valence-electron chi connectivity index (χ1n) is 4.52. The highest BCUT2D eigenvalue weighted by Crippen LogP contribution is 2.38. The first-order chi connectivity index (χ1) is 8.02. The molecule has 0 aliphatic rings. The third kappa shape index (κ3) is 1.84. The molecule has 0 fully saturated rings. The van der Waals surface area contributed by atoms with E-state index < -0.39 is 9.85 Å². The zero-order chi connectivity index (χ0) is 12.6. The lowest BCUT2D eigenvalue weighted by atomic mass is 10.1. The van der Waals surface area contributed by atoms with Crippen LogP contribution in [-0.4, -0.2) is 9.85 Å². The number of fused-ring (bicyclic) bond motifs is 1. The van der Waals surface area contributed by atoms with Gasteiger partial charge in [0, 0.05) is 5.39 Å². The minimum atomic E-state index is -0.649.